The summed E-state index contributed by atoms with van der Waals surface area (Å²) in [4.78, 5) is 11.4. The lowest BCUT2D eigenvalue weighted by atomic mass is 10.1. The Bertz CT molecular complexity index is 238. The fourth-order valence-corrected chi connectivity index (χ4v) is 1.06. The summed E-state index contributed by atoms with van der Waals surface area (Å²) < 4.78 is 9.80. The van der Waals surface area contributed by atoms with Crippen molar-refractivity contribution in [2.45, 2.75) is 59.9 Å². The number of ether oxygens (including phenoxy) is 2. The molecule has 1 atom stereocenters. The van der Waals surface area contributed by atoms with Crippen LogP contribution < -0.4 is 0 Å². The fourth-order valence-electron chi connectivity index (χ4n) is 1.06. The number of esters is 1. The second kappa shape index (κ2) is 9.19. The van der Waals surface area contributed by atoms with Gasteiger partial charge in [-0.2, -0.15) is 0 Å². The normalized spacial score (nSPS) is 13.5. The minimum Gasteiger partial charge on any atom is -0.467 e. The first-order valence-corrected chi connectivity index (χ1v) is 5.90. The van der Waals surface area contributed by atoms with Crippen LogP contribution in [0.2, 0.25) is 0 Å². The molecule has 0 saturated heterocycles. The molecule has 17 heavy (non-hydrogen) atoms. The van der Waals surface area contributed by atoms with Crippen molar-refractivity contribution in [3.8, 4) is 0 Å². The second-order valence-electron chi connectivity index (χ2n) is 3.92. The number of hydrogen-bond donors (Lipinski definition) is 1. The third kappa shape index (κ3) is 10.0. The summed E-state index contributed by atoms with van der Waals surface area (Å²) in [5.41, 5.74) is 1.01. The number of rotatable bonds is 5. The molecule has 0 aromatic carbocycles. The van der Waals surface area contributed by atoms with Crippen LogP contribution in [0.4, 0.5) is 0 Å². The smallest absolute Gasteiger partial charge is 0.335 e. The fraction of sp³-hybridized carbons (Fsp3) is 0.769. The van der Waals surface area contributed by atoms with Crippen molar-refractivity contribution in [3.05, 3.63) is 11.6 Å². The first-order chi connectivity index (χ1) is 7.80. The van der Waals surface area contributed by atoms with Gasteiger partial charge >= 0.3 is 5.97 Å². The molecule has 4 nitrogen and oxygen atoms in total. The molecule has 102 valence electrons. The number of methoxy groups -OCH3 is 1. The molecule has 0 aliphatic heterocycles. The van der Waals surface area contributed by atoms with Crippen LogP contribution in [0.25, 0.3) is 0 Å². The largest absolute Gasteiger partial charge is 0.467 e. The molecule has 0 aromatic rings. The predicted octanol–water partition coefficient (Wildman–Crippen LogP) is 2.66. The minimum absolute atomic E-state index is 0.424. The third-order valence-corrected chi connectivity index (χ3v) is 1.89. The first kappa shape index (κ1) is 18.5. The molecule has 0 aliphatic carbocycles. The summed E-state index contributed by atoms with van der Waals surface area (Å²) in [5.74, 6) is -1.81. The van der Waals surface area contributed by atoms with Crippen LogP contribution in [0.1, 0.15) is 48.0 Å². The third-order valence-electron chi connectivity index (χ3n) is 1.89. The van der Waals surface area contributed by atoms with Crippen LogP contribution >= 0.6 is 0 Å². The van der Waals surface area contributed by atoms with E-state index < -0.39 is 17.9 Å². The lowest BCUT2D eigenvalue weighted by Gasteiger charge is -2.24. The number of hydrogen-bond acceptors (Lipinski definition) is 4. The van der Waals surface area contributed by atoms with Crippen molar-refractivity contribution < 1.29 is 19.4 Å². The lowest BCUT2D eigenvalue weighted by Crippen LogP contribution is -2.36. The maximum atomic E-state index is 11.4. The molecule has 1 unspecified atom stereocenters. The number of carbonyl (C=O) groups is 1. The molecule has 0 saturated carbocycles. The standard InChI is InChI=1S/C11H20O4.C2H6/c1-6-8(2)7-9(10(12)14-5)15-11(3,4)13;1-2/h6,9,13H,7H2,1-5H3;1-2H3/b8-6-;. The summed E-state index contributed by atoms with van der Waals surface area (Å²) in [6.45, 7) is 10.7. The van der Waals surface area contributed by atoms with Gasteiger partial charge in [0, 0.05) is 6.42 Å². The average molecular weight is 246 g/mol. The molecule has 0 heterocycles. The van der Waals surface area contributed by atoms with Gasteiger partial charge in [0.05, 0.1) is 7.11 Å². The maximum Gasteiger partial charge on any atom is 0.335 e. The Labute approximate surface area is 105 Å². The highest BCUT2D eigenvalue weighted by Crippen LogP contribution is 2.16. The van der Waals surface area contributed by atoms with Crippen LogP contribution in [-0.2, 0) is 14.3 Å². The molecule has 0 rings (SSSR count). The predicted molar refractivity (Wildman–Crippen MR) is 68.6 cm³/mol. The highest BCUT2D eigenvalue weighted by molar-refractivity contribution is 5.74. The zero-order chi connectivity index (χ0) is 14.1. The molecule has 0 spiro atoms. The SMILES string of the molecule is C/C=C(/C)CC(OC(C)(C)O)C(=O)OC.CC. The Morgan fingerprint density at radius 1 is 1.41 bits per heavy atom. The van der Waals surface area contributed by atoms with Crippen molar-refractivity contribution in [1.29, 1.82) is 0 Å². The molecule has 0 bridgehead atoms. The van der Waals surface area contributed by atoms with Gasteiger partial charge in [0.2, 0.25) is 0 Å². The molecular formula is C13H26O4. The number of aliphatic hydroxyl groups is 1. The Morgan fingerprint density at radius 2 is 1.88 bits per heavy atom. The summed E-state index contributed by atoms with van der Waals surface area (Å²) in [5, 5.41) is 9.47. The van der Waals surface area contributed by atoms with E-state index in [1.54, 1.807) is 0 Å². The van der Waals surface area contributed by atoms with E-state index in [4.69, 9.17) is 4.74 Å². The van der Waals surface area contributed by atoms with Crippen LogP contribution in [0.15, 0.2) is 11.6 Å². The Morgan fingerprint density at radius 3 is 2.18 bits per heavy atom. The van der Waals surface area contributed by atoms with E-state index in [0.717, 1.165) is 5.57 Å². The zero-order valence-electron chi connectivity index (χ0n) is 12.0. The van der Waals surface area contributed by atoms with Gasteiger partial charge in [0.15, 0.2) is 11.9 Å². The highest BCUT2D eigenvalue weighted by Gasteiger charge is 2.27. The number of carbonyl (C=O) groups excluding carboxylic acids is 1. The minimum atomic E-state index is -1.34. The van der Waals surface area contributed by atoms with E-state index >= 15 is 0 Å². The molecule has 4 heteroatoms. The molecule has 1 N–H and O–H groups in total. The molecule has 0 radical (unpaired) electrons. The zero-order valence-corrected chi connectivity index (χ0v) is 12.0. The Balaban J connectivity index is 0. The van der Waals surface area contributed by atoms with Crippen molar-refractivity contribution >= 4 is 5.97 Å². The van der Waals surface area contributed by atoms with Gasteiger partial charge in [-0.3, -0.25) is 0 Å². The second-order valence-corrected chi connectivity index (χ2v) is 3.92. The molecule has 0 aromatic heterocycles. The monoisotopic (exact) mass is 246 g/mol. The van der Waals surface area contributed by atoms with Crippen molar-refractivity contribution in [1.82, 2.24) is 0 Å². The van der Waals surface area contributed by atoms with Crippen LogP contribution in [0, 0.1) is 0 Å². The van der Waals surface area contributed by atoms with Gasteiger partial charge in [0.1, 0.15) is 0 Å². The van der Waals surface area contributed by atoms with Crippen molar-refractivity contribution in [2.24, 2.45) is 0 Å². The number of allylic oxidation sites excluding steroid dienone is 1. The Hall–Kier alpha value is -0.870. The average Bonchev–Trinajstić information content (AvgIpc) is 2.27. The molecular weight excluding hydrogens is 220 g/mol. The van der Waals surface area contributed by atoms with Gasteiger partial charge in [-0.15, -0.1) is 0 Å². The first-order valence-electron chi connectivity index (χ1n) is 5.90. The molecule has 0 fully saturated rings. The topological polar surface area (TPSA) is 55.8 Å². The maximum absolute atomic E-state index is 11.4. The van der Waals surface area contributed by atoms with Gasteiger partial charge < -0.3 is 14.6 Å². The van der Waals surface area contributed by atoms with Crippen molar-refractivity contribution in [2.75, 3.05) is 7.11 Å². The molecule has 0 amide bonds. The van der Waals surface area contributed by atoms with E-state index in [9.17, 15) is 9.90 Å². The van der Waals surface area contributed by atoms with E-state index in [1.165, 1.54) is 21.0 Å². The van der Waals surface area contributed by atoms with E-state index in [1.807, 2.05) is 33.8 Å². The van der Waals surface area contributed by atoms with E-state index in [0.29, 0.717) is 6.42 Å². The van der Waals surface area contributed by atoms with Crippen molar-refractivity contribution in [3.63, 3.8) is 0 Å². The van der Waals surface area contributed by atoms with E-state index in [2.05, 4.69) is 4.74 Å². The summed E-state index contributed by atoms with van der Waals surface area (Å²) >= 11 is 0. The van der Waals surface area contributed by atoms with Crippen LogP contribution in [0.3, 0.4) is 0 Å². The van der Waals surface area contributed by atoms with Gasteiger partial charge in [-0.05, 0) is 27.7 Å². The van der Waals surface area contributed by atoms with Crippen LogP contribution in [0.5, 0.6) is 0 Å². The lowest BCUT2D eigenvalue weighted by molar-refractivity contribution is -0.215. The summed E-state index contributed by atoms with van der Waals surface area (Å²) in [7, 11) is 1.30. The van der Waals surface area contributed by atoms with Gasteiger partial charge in [-0.1, -0.05) is 25.5 Å². The van der Waals surface area contributed by atoms with E-state index in [-0.39, 0.29) is 0 Å². The van der Waals surface area contributed by atoms with Gasteiger partial charge in [0.25, 0.3) is 0 Å². The quantitative estimate of drug-likeness (QED) is 0.460. The molecule has 0 aliphatic rings. The Kier molecular flexibility index (Phi) is 10.00. The summed E-state index contributed by atoms with van der Waals surface area (Å²) in [6.07, 6.45) is 1.56. The summed E-state index contributed by atoms with van der Waals surface area (Å²) in [6, 6.07) is 0. The van der Waals surface area contributed by atoms with Crippen LogP contribution in [-0.4, -0.2) is 30.1 Å². The van der Waals surface area contributed by atoms with Gasteiger partial charge in [-0.25, -0.2) is 4.79 Å². The highest BCUT2D eigenvalue weighted by atomic mass is 16.6.